The molecule has 11 heteroatoms. The van der Waals surface area contributed by atoms with Crippen LogP contribution in [0, 0.1) is 6.92 Å². The molecule has 2 fully saturated rings. The largest absolute Gasteiger partial charge is 0.522 e. The van der Waals surface area contributed by atoms with E-state index in [4.69, 9.17) is 13.9 Å². The van der Waals surface area contributed by atoms with Gasteiger partial charge in [0.1, 0.15) is 11.9 Å². The molecule has 1 aliphatic heterocycles. The molecule has 2 heterocycles. The lowest BCUT2D eigenvalue weighted by Crippen LogP contribution is -2.43. The molecule has 0 bridgehead atoms. The van der Waals surface area contributed by atoms with Crippen LogP contribution in [-0.4, -0.2) is 47.8 Å². The van der Waals surface area contributed by atoms with Crippen LogP contribution >= 0.6 is 0 Å². The number of rotatable bonds is 7. The zero-order valence-corrected chi connectivity index (χ0v) is 17.4. The standard InChI is InChI=1S/C21H24F3N3O5/c1-12-2-5-15(6-3-12)29-11-18(28)25-14-4-7-17(30-10-14)20-27-26-19(31-20)13-8-16(9-13)32-21(22,23)24/h2-3,5-6,13-14,16-17H,4,7-11H2,1H3,(H,25,28)/t13-,14-,16+,17+/m1/s1. The van der Waals surface area contributed by atoms with Crippen molar-refractivity contribution in [3.63, 3.8) is 0 Å². The zero-order valence-electron chi connectivity index (χ0n) is 17.4. The number of carbonyl (C=O) groups excluding carboxylic acids is 1. The van der Waals surface area contributed by atoms with Crippen LogP contribution in [0.5, 0.6) is 5.75 Å². The van der Waals surface area contributed by atoms with E-state index in [1.54, 1.807) is 0 Å². The molecule has 1 saturated carbocycles. The number of hydrogen-bond acceptors (Lipinski definition) is 7. The average molecular weight is 455 g/mol. The number of alkyl halides is 3. The Bertz CT molecular complexity index is 904. The molecule has 32 heavy (non-hydrogen) atoms. The molecule has 0 unspecified atom stereocenters. The van der Waals surface area contributed by atoms with Crippen molar-refractivity contribution in [1.82, 2.24) is 15.5 Å². The quantitative estimate of drug-likeness (QED) is 0.682. The summed E-state index contributed by atoms with van der Waals surface area (Å²) >= 11 is 0. The fourth-order valence-corrected chi connectivity index (χ4v) is 3.71. The van der Waals surface area contributed by atoms with Crippen LogP contribution in [0.2, 0.25) is 0 Å². The van der Waals surface area contributed by atoms with Gasteiger partial charge in [-0.3, -0.25) is 9.53 Å². The zero-order chi connectivity index (χ0) is 22.7. The lowest BCUT2D eigenvalue weighted by Gasteiger charge is -2.33. The van der Waals surface area contributed by atoms with E-state index in [0.717, 1.165) is 5.56 Å². The highest BCUT2D eigenvalue weighted by Gasteiger charge is 2.42. The maximum Gasteiger partial charge on any atom is 0.522 e. The van der Waals surface area contributed by atoms with Gasteiger partial charge in [0.25, 0.3) is 5.91 Å². The van der Waals surface area contributed by atoms with Crippen LogP contribution in [0.3, 0.4) is 0 Å². The van der Waals surface area contributed by atoms with Crippen LogP contribution in [0.15, 0.2) is 28.7 Å². The van der Waals surface area contributed by atoms with Crippen LogP contribution in [0.25, 0.3) is 0 Å². The Hall–Kier alpha value is -2.66. The SMILES string of the molecule is Cc1ccc(OCC(=O)N[C@@H]2CC[C@@H](c3nnc([C@H]4C[C@@H](OC(F)(F)F)C4)o3)OC2)cc1. The smallest absolute Gasteiger partial charge is 0.484 e. The molecular weight excluding hydrogens is 431 g/mol. The van der Waals surface area contributed by atoms with Crippen molar-refractivity contribution in [2.75, 3.05) is 13.2 Å². The Labute approximate surface area is 182 Å². The number of halogens is 3. The Morgan fingerprint density at radius 2 is 1.88 bits per heavy atom. The van der Waals surface area contributed by atoms with Gasteiger partial charge in [0.2, 0.25) is 11.8 Å². The van der Waals surface area contributed by atoms with Crippen molar-refractivity contribution in [2.24, 2.45) is 0 Å². The third kappa shape index (κ3) is 5.98. The minimum absolute atomic E-state index is 0.0869. The first-order chi connectivity index (χ1) is 15.2. The van der Waals surface area contributed by atoms with E-state index in [1.807, 2.05) is 31.2 Å². The normalized spacial score (nSPS) is 25.8. The fourth-order valence-electron chi connectivity index (χ4n) is 3.71. The number of amides is 1. The molecule has 1 aromatic carbocycles. The molecule has 1 amide bonds. The molecule has 2 aliphatic rings. The lowest BCUT2D eigenvalue weighted by atomic mass is 9.82. The highest BCUT2D eigenvalue weighted by molar-refractivity contribution is 5.77. The van der Waals surface area contributed by atoms with Gasteiger partial charge in [-0.2, -0.15) is 0 Å². The van der Waals surface area contributed by atoms with Gasteiger partial charge in [0, 0.05) is 5.92 Å². The van der Waals surface area contributed by atoms with Gasteiger partial charge >= 0.3 is 6.36 Å². The van der Waals surface area contributed by atoms with E-state index < -0.39 is 18.6 Å². The predicted molar refractivity (Wildman–Crippen MR) is 104 cm³/mol. The first-order valence-electron chi connectivity index (χ1n) is 10.4. The molecule has 2 aromatic rings. The first kappa shape index (κ1) is 22.5. The molecule has 1 N–H and O–H groups in total. The highest BCUT2D eigenvalue weighted by atomic mass is 19.4. The van der Waals surface area contributed by atoms with Gasteiger partial charge in [-0.15, -0.1) is 23.4 Å². The molecule has 1 aromatic heterocycles. The van der Waals surface area contributed by atoms with Crippen LogP contribution in [0.4, 0.5) is 13.2 Å². The summed E-state index contributed by atoms with van der Waals surface area (Å²) in [4.78, 5) is 12.1. The Balaban J connectivity index is 1.17. The molecule has 2 atom stereocenters. The Morgan fingerprint density at radius 1 is 1.16 bits per heavy atom. The minimum atomic E-state index is -4.63. The lowest BCUT2D eigenvalue weighted by molar-refractivity contribution is -0.352. The number of hydrogen-bond donors (Lipinski definition) is 1. The highest BCUT2D eigenvalue weighted by Crippen LogP contribution is 2.41. The van der Waals surface area contributed by atoms with Crippen molar-refractivity contribution < 1.29 is 36.6 Å². The molecular formula is C21H24F3N3O5. The molecule has 8 nitrogen and oxygen atoms in total. The van der Waals surface area contributed by atoms with Crippen molar-refractivity contribution in [3.8, 4) is 5.75 Å². The monoisotopic (exact) mass is 455 g/mol. The van der Waals surface area contributed by atoms with Gasteiger partial charge in [-0.1, -0.05) is 17.7 Å². The summed E-state index contributed by atoms with van der Waals surface area (Å²) in [6, 6.07) is 7.27. The topological polar surface area (TPSA) is 95.7 Å². The van der Waals surface area contributed by atoms with Gasteiger partial charge in [0.15, 0.2) is 6.61 Å². The molecule has 1 saturated heterocycles. The summed E-state index contributed by atoms with van der Waals surface area (Å²) in [5.41, 5.74) is 1.11. The molecule has 174 valence electrons. The number of aryl methyl sites for hydroxylation is 1. The molecule has 0 radical (unpaired) electrons. The second kappa shape index (κ2) is 9.45. The van der Waals surface area contributed by atoms with E-state index in [1.165, 1.54) is 0 Å². The summed E-state index contributed by atoms with van der Waals surface area (Å²) in [6.07, 6.45) is -4.32. The molecule has 0 spiro atoms. The van der Waals surface area contributed by atoms with Gasteiger partial charge in [-0.25, -0.2) is 0 Å². The first-order valence-corrected chi connectivity index (χ1v) is 10.4. The van der Waals surface area contributed by atoms with E-state index >= 15 is 0 Å². The second-order valence-corrected chi connectivity index (χ2v) is 8.10. The predicted octanol–water partition coefficient (Wildman–Crippen LogP) is 3.58. The van der Waals surface area contributed by atoms with E-state index in [2.05, 4.69) is 20.3 Å². The van der Waals surface area contributed by atoms with Crippen molar-refractivity contribution in [1.29, 1.82) is 0 Å². The maximum atomic E-state index is 12.2. The third-order valence-electron chi connectivity index (χ3n) is 5.51. The minimum Gasteiger partial charge on any atom is -0.484 e. The molecule has 1 aliphatic carbocycles. The number of nitrogens with zero attached hydrogens (tertiary/aromatic N) is 2. The van der Waals surface area contributed by atoms with Crippen molar-refractivity contribution in [2.45, 2.75) is 63.1 Å². The van der Waals surface area contributed by atoms with E-state index in [-0.39, 0.29) is 43.9 Å². The van der Waals surface area contributed by atoms with Crippen molar-refractivity contribution in [3.05, 3.63) is 41.6 Å². The second-order valence-electron chi connectivity index (χ2n) is 8.10. The fraction of sp³-hybridized carbons (Fsp3) is 0.571. The van der Waals surface area contributed by atoms with Crippen LogP contribution in [0.1, 0.15) is 55.1 Å². The van der Waals surface area contributed by atoms with Gasteiger partial charge in [-0.05, 0) is 44.7 Å². The van der Waals surface area contributed by atoms with E-state index in [0.29, 0.717) is 30.4 Å². The van der Waals surface area contributed by atoms with Gasteiger partial charge in [0.05, 0.1) is 18.8 Å². The molecule has 4 rings (SSSR count). The van der Waals surface area contributed by atoms with Crippen LogP contribution < -0.4 is 10.1 Å². The average Bonchev–Trinajstić information content (AvgIpc) is 3.19. The number of aromatic nitrogens is 2. The van der Waals surface area contributed by atoms with Crippen LogP contribution in [-0.2, 0) is 14.3 Å². The summed E-state index contributed by atoms with van der Waals surface area (Å²) in [5.74, 6) is 0.744. The summed E-state index contributed by atoms with van der Waals surface area (Å²) < 4.78 is 57.5. The third-order valence-corrected chi connectivity index (χ3v) is 5.51. The van der Waals surface area contributed by atoms with Gasteiger partial charge < -0.3 is 19.2 Å². The van der Waals surface area contributed by atoms with Crippen molar-refractivity contribution >= 4 is 5.91 Å². The maximum absolute atomic E-state index is 12.2. The number of ether oxygens (including phenoxy) is 3. The Kier molecular flexibility index (Phi) is 6.66. The van der Waals surface area contributed by atoms with E-state index in [9.17, 15) is 18.0 Å². The summed E-state index contributed by atoms with van der Waals surface area (Å²) in [7, 11) is 0. The number of benzene rings is 1. The number of nitrogens with one attached hydrogen (secondary N) is 1. The summed E-state index contributed by atoms with van der Waals surface area (Å²) in [5, 5.41) is 10.8. The summed E-state index contributed by atoms with van der Waals surface area (Å²) in [6.45, 7) is 2.16. The Morgan fingerprint density at radius 3 is 2.53 bits per heavy atom. The number of carbonyl (C=O) groups is 1.